The van der Waals surface area contributed by atoms with Crippen molar-refractivity contribution >= 4 is 15.7 Å². The number of rotatable bonds is 7. The molecular weight excluding hydrogens is 368 g/mol. The largest absolute Gasteiger partial charge is 0.371 e. The fourth-order valence-corrected chi connectivity index (χ4v) is 6.78. The van der Waals surface area contributed by atoms with E-state index in [1.165, 1.54) is 24.9 Å². The van der Waals surface area contributed by atoms with E-state index in [0.717, 1.165) is 31.8 Å². The topological polar surface area (TPSA) is 40.6 Å². The van der Waals surface area contributed by atoms with Gasteiger partial charge in [0, 0.05) is 31.9 Å². The van der Waals surface area contributed by atoms with Gasteiger partial charge >= 0.3 is 0 Å². The molecule has 0 spiro atoms. The Bertz CT molecular complexity index is 699. The predicted octanol–water partition coefficient (Wildman–Crippen LogP) is 4.63. The molecule has 0 aliphatic carbocycles. The van der Waals surface area contributed by atoms with E-state index in [9.17, 15) is 8.42 Å². The summed E-state index contributed by atoms with van der Waals surface area (Å²) in [4.78, 5) is 2.58. The Labute approximate surface area is 172 Å². The molecule has 0 N–H and O–H groups in total. The summed E-state index contributed by atoms with van der Waals surface area (Å²) in [7, 11) is -3.04. The first kappa shape index (κ1) is 21.6. The third-order valence-electron chi connectivity index (χ3n) is 7.34. The summed E-state index contributed by atoms with van der Waals surface area (Å²) >= 11 is 0. The molecule has 28 heavy (non-hydrogen) atoms. The van der Waals surface area contributed by atoms with Gasteiger partial charge in [-0.1, -0.05) is 44.9 Å². The highest BCUT2D eigenvalue weighted by atomic mass is 32.2. The van der Waals surface area contributed by atoms with E-state index >= 15 is 0 Å². The van der Waals surface area contributed by atoms with Crippen molar-refractivity contribution in [3.8, 4) is 0 Å². The third kappa shape index (κ3) is 4.73. The van der Waals surface area contributed by atoms with Crippen molar-refractivity contribution in [1.29, 1.82) is 0 Å². The summed E-state index contributed by atoms with van der Waals surface area (Å²) in [5.41, 5.74) is 1.35. The fourth-order valence-electron chi connectivity index (χ4n) is 5.65. The second kappa shape index (κ2) is 9.62. The average molecular weight is 407 g/mol. The van der Waals surface area contributed by atoms with Crippen molar-refractivity contribution < 1.29 is 8.42 Å². The molecule has 0 bridgehead atoms. The summed E-state index contributed by atoms with van der Waals surface area (Å²) in [5.74, 6) is 3.08. The number of hydrogen-bond donors (Lipinski definition) is 0. The van der Waals surface area contributed by atoms with Crippen molar-refractivity contribution in [2.24, 2.45) is 23.7 Å². The van der Waals surface area contributed by atoms with Crippen LogP contribution in [0, 0.1) is 23.7 Å². The molecule has 3 rings (SSSR count). The first-order valence-corrected chi connectivity index (χ1v) is 12.9. The molecule has 0 radical (unpaired) electrons. The molecule has 2 heterocycles. The normalized spacial score (nSPS) is 26.3. The van der Waals surface area contributed by atoms with E-state index in [-0.39, 0.29) is 5.75 Å². The van der Waals surface area contributed by atoms with Crippen LogP contribution in [0.15, 0.2) is 30.3 Å². The highest BCUT2D eigenvalue weighted by Gasteiger charge is 2.39. The average Bonchev–Trinajstić information content (AvgIpc) is 2.75. The molecule has 1 aromatic carbocycles. The van der Waals surface area contributed by atoms with E-state index in [4.69, 9.17) is 0 Å². The monoisotopic (exact) mass is 406 g/mol. The van der Waals surface area contributed by atoms with Crippen LogP contribution < -0.4 is 4.90 Å². The van der Waals surface area contributed by atoms with Gasteiger partial charge in [-0.05, 0) is 62.0 Å². The molecule has 0 saturated carbocycles. The third-order valence-corrected chi connectivity index (χ3v) is 9.22. The standard InChI is InChI=1S/C23H38N2O2S/c1-4-19-12-15-24(21-10-8-7-9-11-21)18-23(19)22(5-2)20-13-16-25(17-14-20)28(26,27)6-3/h7-11,19-20,22-23H,4-6,12-18H2,1-3H3. The van der Waals surface area contributed by atoms with E-state index in [1.54, 1.807) is 11.2 Å². The first-order chi connectivity index (χ1) is 13.5. The zero-order valence-electron chi connectivity index (χ0n) is 17.9. The minimum atomic E-state index is -3.04. The van der Waals surface area contributed by atoms with Crippen LogP contribution in [0.1, 0.15) is 52.9 Å². The smallest absolute Gasteiger partial charge is 0.213 e. The van der Waals surface area contributed by atoms with Crippen LogP contribution in [-0.2, 0) is 10.0 Å². The van der Waals surface area contributed by atoms with E-state index < -0.39 is 10.0 Å². The molecule has 2 fully saturated rings. The molecular formula is C23H38N2O2S. The zero-order valence-corrected chi connectivity index (χ0v) is 18.7. The number of anilines is 1. The van der Waals surface area contributed by atoms with Crippen molar-refractivity contribution in [3.05, 3.63) is 30.3 Å². The Hall–Kier alpha value is -1.07. The lowest BCUT2D eigenvalue weighted by Gasteiger charge is -2.46. The highest BCUT2D eigenvalue weighted by Crippen LogP contribution is 2.41. The highest BCUT2D eigenvalue weighted by molar-refractivity contribution is 7.89. The van der Waals surface area contributed by atoms with Gasteiger partial charge in [-0.25, -0.2) is 12.7 Å². The molecule has 2 aliphatic heterocycles. The Balaban J connectivity index is 1.70. The van der Waals surface area contributed by atoms with Crippen LogP contribution in [0.25, 0.3) is 0 Å². The summed E-state index contributed by atoms with van der Waals surface area (Å²) in [6.07, 6.45) is 5.78. The van der Waals surface area contributed by atoms with Crippen LogP contribution in [0.4, 0.5) is 5.69 Å². The SMILES string of the molecule is CCC1CCN(c2ccccc2)CC1C(CC)C1CCN(S(=O)(=O)CC)CC1. The summed E-state index contributed by atoms with van der Waals surface area (Å²) in [5, 5.41) is 0. The van der Waals surface area contributed by atoms with Crippen LogP contribution in [0.2, 0.25) is 0 Å². The van der Waals surface area contributed by atoms with Gasteiger partial charge in [0.2, 0.25) is 10.0 Å². The molecule has 5 heteroatoms. The molecule has 2 aliphatic rings. The Morgan fingerprint density at radius 1 is 1.00 bits per heavy atom. The van der Waals surface area contributed by atoms with Crippen molar-refractivity contribution in [2.75, 3.05) is 36.8 Å². The van der Waals surface area contributed by atoms with E-state index in [2.05, 4.69) is 49.1 Å². The first-order valence-electron chi connectivity index (χ1n) is 11.3. The van der Waals surface area contributed by atoms with E-state index in [1.807, 2.05) is 0 Å². The Morgan fingerprint density at radius 3 is 2.25 bits per heavy atom. The van der Waals surface area contributed by atoms with Crippen LogP contribution in [0.3, 0.4) is 0 Å². The maximum atomic E-state index is 12.2. The number of nitrogens with zero attached hydrogens (tertiary/aromatic N) is 2. The van der Waals surface area contributed by atoms with Gasteiger partial charge in [-0.2, -0.15) is 0 Å². The number of para-hydroxylation sites is 1. The Morgan fingerprint density at radius 2 is 1.68 bits per heavy atom. The van der Waals surface area contributed by atoms with Crippen molar-refractivity contribution in [2.45, 2.75) is 52.9 Å². The van der Waals surface area contributed by atoms with Gasteiger partial charge in [0.1, 0.15) is 0 Å². The minimum Gasteiger partial charge on any atom is -0.371 e. The minimum absolute atomic E-state index is 0.224. The van der Waals surface area contributed by atoms with Crippen LogP contribution in [-0.4, -0.2) is 44.7 Å². The van der Waals surface area contributed by atoms with Gasteiger partial charge in [0.25, 0.3) is 0 Å². The maximum absolute atomic E-state index is 12.2. The number of sulfonamides is 1. The second-order valence-electron chi connectivity index (χ2n) is 8.61. The van der Waals surface area contributed by atoms with Crippen molar-refractivity contribution in [3.63, 3.8) is 0 Å². The van der Waals surface area contributed by atoms with Gasteiger partial charge in [-0.15, -0.1) is 0 Å². The number of hydrogen-bond acceptors (Lipinski definition) is 3. The molecule has 2 saturated heterocycles. The molecule has 0 aromatic heterocycles. The lowest BCUT2D eigenvalue weighted by molar-refractivity contribution is 0.0990. The lowest BCUT2D eigenvalue weighted by atomic mass is 9.68. The molecule has 158 valence electrons. The van der Waals surface area contributed by atoms with Gasteiger partial charge < -0.3 is 4.90 Å². The zero-order chi connectivity index (χ0) is 20.1. The van der Waals surface area contributed by atoms with Crippen LogP contribution in [0.5, 0.6) is 0 Å². The Kier molecular flexibility index (Phi) is 7.43. The fraction of sp³-hybridized carbons (Fsp3) is 0.739. The van der Waals surface area contributed by atoms with Gasteiger partial charge in [0.15, 0.2) is 0 Å². The molecule has 3 unspecified atom stereocenters. The summed E-state index contributed by atoms with van der Waals surface area (Å²) in [6.45, 7) is 10.2. The number of benzene rings is 1. The van der Waals surface area contributed by atoms with Crippen LogP contribution >= 0.6 is 0 Å². The lowest BCUT2D eigenvalue weighted by Crippen LogP contribution is -2.47. The predicted molar refractivity (Wildman–Crippen MR) is 118 cm³/mol. The maximum Gasteiger partial charge on any atom is 0.213 e. The van der Waals surface area contributed by atoms with Gasteiger partial charge in [0.05, 0.1) is 5.75 Å². The molecule has 4 nitrogen and oxygen atoms in total. The summed E-state index contributed by atoms with van der Waals surface area (Å²) < 4.78 is 26.2. The second-order valence-corrected chi connectivity index (χ2v) is 10.9. The molecule has 3 atom stereocenters. The quantitative estimate of drug-likeness (QED) is 0.663. The van der Waals surface area contributed by atoms with Gasteiger partial charge in [-0.3, -0.25) is 0 Å². The van der Waals surface area contributed by atoms with E-state index in [0.29, 0.717) is 30.8 Å². The molecule has 1 aromatic rings. The van der Waals surface area contributed by atoms with Crippen molar-refractivity contribution in [1.82, 2.24) is 4.31 Å². The molecule has 0 amide bonds. The summed E-state index contributed by atoms with van der Waals surface area (Å²) in [6, 6.07) is 10.8. The number of piperidine rings is 2.